The molecule has 1 atom stereocenters. The summed E-state index contributed by atoms with van der Waals surface area (Å²) >= 11 is 0. The smallest absolute Gasteiger partial charge is 0.324 e. The van der Waals surface area contributed by atoms with Gasteiger partial charge in [0.25, 0.3) is 0 Å². The van der Waals surface area contributed by atoms with E-state index in [1.807, 2.05) is 10.8 Å². The van der Waals surface area contributed by atoms with Gasteiger partial charge in [0.15, 0.2) is 0 Å². The van der Waals surface area contributed by atoms with Crippen molar-refractivity contribution in [3.63, 3.8) is 0 Å². The predicted molar refractivity (Wildman–Crippen MR) is 54.2 cm³/mol. The van der Waals surface area contributed by atoms with Crippen molar-refractivity contribution in [2.24, 2.45) is 5.73 Å². The highest BCUT2D eigenvalue weighted by atomic mass is 16.5. The summed E-state index contributed by atoms with van der Waals surface area (Å²) < 4.78 is 6.52. The van der Waals surface area contributed by atoms with Crippen LogP contribution in [0.2, 0.25) is 0 Å². The first kappa shape index (κ1) is 10.2. The summed E-state index contributed by atoms with van der Waals surface area (Å²) in [7, 11) is 1.35. The molecule has 0 spiro atoms. The van der Waals surface area contributed by atoms with Crippen LogP contribution >= 0.6 is 0 Å². The van der Waals surface area contributed by atoms with Crippen LogP contribution in [0.15, 0.2) is 12.4 Å². The second kappa shape index (κ2) is 4.02. The zero-order valence-corrected chi connectivity index (χ0v) is 8.72. The Morgan fingerprint density at radius 1 is 1.80 bits per heavy atom. The number of rotatable bonds is 4. The molecule has 1 aliphatic rings. The highest BCUT2D eigenvalue weighted by Crippen LogP contribution is 2.38. The van der Waals surface area contributed by atoms with Crippen LogP contribution in [0.3, 0.4) is 0 Å². The molecule has 0 aromatic carbocycles. The van der Waals surface area contributed by atoms with E-state index in [4.69, 9.17) is 5.73 Å². The molecule has 1 aromatic heterocycles. The van der Waals surface area contributed by atoms with Crippen molar-refractivity contribution >= 4 is 5.97 Å². The Kier molecular flexibility index (Phi) is 2.73. The topological polar surface area (TPSA) is 70.1 Å². The first-order valence-corrected chi connectivity index (χ1v) is 5.07. The van der Waals surface area contributed by atoms with Crippen molar-refractivity contribution in [1.29, 1.82) is 0 Å². The van der Waals surface area contributed by atoms with Crippen LogP contribution in [0, 0.1) is 0 Å². The van der Waals surface area contributed by atoms with E-state index in [0.29, 0.717) is 12.5 Å². The van der Waals surface area contributed by atoms with Gasteiger partial charge in [-0.2, -0.15) is 0 Å². The molecule has 0 bridgehead atoms. The minimum Gasteiger partial charge on any atom is -0.468 e. The van der Waals surface area contributed by atoms with E-state index >= 15 is 0 Å². The monoisotopic (exact) mass is 209 g/mol. The zero-order chi connectivity index (χ0) is 10.8. The number of esters is 1. The molecule has 1 heterocycles. The molecule has 82 valence electrons. The van der Waals surface area contributed by atoms with E-state index in [9.17, 15) is 4.79 Å². The molecule has 1 fully saturated rings. The number of hydrogen-bond donors (Lipinski definition) is 1. The highest BCUT2D eigenvalue weighted by Gasteiger charge is 2.28. The number of carbonyl (C=O) groups excluding carboxylic acids is 1. The van der Waals surface area contributed by atoms with Gasteiger partial charge in [0.2, 0.25) is 0 Å². The summed E-state index contributed by atoms with van der Waals surface area (Å²) in [5.74, 6) is 1.21. The zero-order valence-electron chi connectivity index (χ0n) is 8.72. The first-order valence-electron chi connectivity index (χ1n) is 5.07. The Hall–Kier alpha value is -1.36. The molecule has 0 radical (unpaired) electrons. The number of aromatic nitrogens is 2. The minimum atomic E-state index is -0.610. The molecule has 1 aliphatic carbocycles. The van der Waals surface area contributed by atoms with Crippen LogP contribution in [0.4, 0.5) is 0 Å². The third-order valence-corrected chi connectivity index (χ3v) is 2.59. The van der Waals surface area contributed by atoms with Gasteiger partial charge in [-0.15, -0.1) is 0 Å². The first-order chi connectivity index (χ1) is 7.22. The molecule has 2 rings (SSSR count). The van der Waals surface area contributed by atoms with Crippen LogP contribution in [0.1, 0.15) is 24.6 Å². The van der Waals surface area contributed by atoms with Crippen LogP contribution < -0.4 is 5.73 Å². The third-order valence-electron chi connectivity index (χ3n) is 2.59. The fourth-order valence-corrected chi connectivity index (χ4v) is 1.61. The van der Waals surface area contributed by atoms with Gasteiger partial charge in [-0.1, -0.05) is 0 Å². The number of methoxy groups -OCH3 is 1. The van der Waals surface area contributed by atoms with Crippen molar-refractivity contribution in [1.82, 2.24) is 9.55 Å². The van der Waals surface area contributed by atoms with Gasteiger partial charge < -0.3 is 15.0 Å². The molecule has 0 amide bonds. The average molecular weight is 209 g/mol. The van der Waals surface area contributed by atoms with Gasteiger partial charge >= 0.3 is 5.97 Å². The van der Waals surface area contributed by atoms with E-state index in [0.717, 1.165) is 5.82 Å². The maximum atomic E-state index is 11.2. The van der Waals surface area contributed by atoms with Gasteiger partial charge in [-0.3, -0.25) is 4.79 Å². The lowest BCUT2D eigenvalue weighted by molar-refractivity contribution is -0.142. The van der Waals surface area contributed by atoms with Crippen LogP contribution in [0.25, 0.3) is 0 Å². The van der Waals surface area contributed by atoms with Crippen molar-refractivity contribution in [3.05, 3.63) is 18.2 Å². The standard InChI is InChI=1S/C10H15N3O2/c1-15-10(14)8(11)6-13-5-4-12-9(13)7-2-3-7/h4-5,7-8H,2-3,6,11H2,1H3. The average Bonchev–Trinajstić information content (AvgIpc) is 2.99. The number of nitrogens with two attached hydrogens (primary N) is 1. The Balaban J connectivity index is 2.03. The van der Waals surface area contributed by atoms with E-state index in [-0.39, 0.29) is 5.97 Å². The quantitative estimate of drug-likeness (QED) is 0.722. The molecular weight excluding hydrogens is 194 g/mol. The summed E-state index contributed by atoms with van der Waals surface area (Å²) in [6, 6.07) is -0.610. The molecule has 1 aromatic rings. The number of ether oxygens (including phenoxy) is 1. The summed E-state index contributed by atoms with van der Waals surface area (Å²) in [6.07, 6.45) is 5.98. The van der Waals surface area contributed by atoms with Crippen molar-refractivity contribution < 1.29 is 9.53 Å². The fraction of sp³-hybridized carbons (Fsp3) is 0.600. The molecular formula is C10H15N3O2. The van der Waals surface area contributed by atoms with Crippen molar-refractivity contribution in [2.75, 3.05) is 7.11 Å². The lowest BCUT2D eigenvalue weighted by Gasteiger charge is -2.12. The maximum Gasteiger partial charge on any atom is 0.324 e. The molecule has 0 aliphatic heterocycles. The number of nitrogens with zero attached hydrogens (tertiary/aromatic N) is 2. The van der Waals surface area contributed by atoms with Crippen LogP contribution in [-0.4, -0.2) is 28.7 Å². The third kappa shape index (κ3) is 2.18. The Morgan fingerprint density at radius 2 is 2.53 bits per heavy atom. The van der Waals surface area contributed by atoms with E-state index in [1.165, 1.54) is 20.0 Å². The van der Waals surface area contributed by atoms with Gasteiger partial charge in [0.05, 0.1) is 7.11 Å². The van der Waals surface area contributed by atoms with Crippen molar-refractivity contribution in [3.8, 4) is 0 Å². The number of imidazole rings is 1. The Bertz CT molecular complexity index is 357. The van der Waals surface area contributed by atoms with Crippen molar-refractivity contribution in [2.45, 2.75) is 31.3 Å². The SMILES string of the molecule is COC(=O)C(N)Cn1ccnc1C1CC1. The van der Waals surface area contributed by atoms with Gasteiger partial charge in [-0.25, -0.2) is 4.98 Å². The minimum absolute atomic E-state index is 0.384. The van der Waals surface area contributed by atoms with E-state index in [2.05, 4.69) is 9.72 Å². The fourth-order valence-electron chi connectivity index (χ4n) is 1.61. The number of carbonyl (C=O) groups is 1. The lowest BCUT2D eigenvalue weighted by atomic mass is 10.3. The molecule has 2 N–H and O–H groups in total. The largest absolute Gasteiger partial charge is 0.468 e. The molecule has 1 unspecified atom stereocenters. The van der Waals surface area contributed by atoms with Crippen LogP contribution in [0.5, 0.6) is 0 Å². The summed E-state index contributed by atoms with van der Waals surface area (Å²) in [6.45, 7) is 0.443. The number of hydrogen-bond acceptors (Lipinski definition) is 4. The molecule has 5 nitrogen and oxygen atoms in total. The van der Waals surface area contributed by atoms with E-state index in [1.54, 1.807) is 6.20 Å². The second-order valence-electron chi connectivity index (χ2n) is 3.84. The van der Waals surface area contributed by atoms with Gasteiger partial charge in [-0.05, 0) is 12.8 Å². The molecule has 15 heavy (non-hydrogen) atoms. The van der Waals surface area contributed by atoms with Gasteiger partial charge in [0, 0.05) is 24.9 Å². The van der Waals surface area contributed by atoms with Gasteiger partial charge in [0.1, 0.15) is 11.9 Å². The maximum absolute atomic E-state index is 11.2. The Morgan fingerprint density at radius 3 is 3.13 bits per heavy atom. The van der Waals surface area contributed by atoms with E-state index < -0.39 is 6.04 Å². The molecule has 5 heteroatoms. The summed E-state index contributed by atoms with van der Waals surface area (Å²) in [5, 5.41) is 0. The molecule has 0 saturated heterocycles. The highest BCUT2D eigenvalue weighted by molar-refractivity contribution is 5.75. The van der Waals surface area contributed by atoms with Crippen LogP contribution in [-0.2, 0) is 16.1 Å². The summed E-state index contributed by atoms with van der Waals surface area (Å²) in [4.78, 5) is 15.4. The lowest BCUT2D eigenvalue weighted by Crippen LogP contribution is -2.36. The Labute approximate surface area is 88.2 Å². The molecule has 1 saturated carbocycles. The predicted octanol–water partition coefficient (Wildman–Crippen LogP) is 0.261. The summed E-state index contributed by atoms with van der Waals surface area (Å²) in [5.41, 5.74) is 5.69. The normalized spacial score (nSPS) is 17.5. The second-order valence-corrected chi connectivity index (χ2v) is 3.84.